The van der Waals surface area contributed by atoms with Crippen LogP contribution in [0.1, 0.15) is 18.4 Å². The second-order valence-electron chi connectivity index (χ2n) is 6.04. The Labute approximate surface area is 144 Å². The van der Waals surface area contributed by atoms with Crippen LogP contribution in [0, 0.1) is 5.92 Å². The Balaban J connectivity index is 1.87. The third-order valence-electron chi connectivity index (χ3n) is 3.95. The summed E-state index contributed by atoms with van der Waals surface area (Å²) in [4.78, 5) is 11.9. The van der Waals surface area contributed by atoms with Crippen molar-refractivity contribution >= 4 is 21.7 Å². The highest BCUT2D eigenvalue weighted by Gasteiger charge is 2.30. The van der Waals surface area contributed by atoms with Gasteiger partial charge in [-0.1, -0.05) is 6.07 Å². The van der Waals surface area contributed by atoms with E-state index in [0.717, 1.165) is 24.8 Å². The second-order valence-corrected chi connectivity index (χ2v) is 8.03. The number of alkyl halides is 3. The summed E-state index contributed by atoms with van der Waals surface area (Å²) in [7, 11) is -3.27. The molecule has 1 unspecified atom stereocenters. The van der Waals surface area contributed by atoms with E-state index >= 15 is 0 Å². The van der Waals surface area contributed by atoms with Crippen LogP contribution >= 0.6 is 0 Å². The number of halogens is 3. The highest BCUT2D eigenvalue weighted by molar-refractivity contribution is 7.88. The molecule has 2 rings (SSSR count). The molecular weight excluding hydrogens is 359 g/mol. The van der Waals surface area contributed by atoms with Crippen LogP contribution in [-0.2, 0) is 16.2 Å². The average Bonchev–Trinajstić information content (AvgIpc) is 2.52. The van der Waals surface area contributed by atoms with Gasteiger partial charge in [0.15, 0.2) is 0 Å². The SMILES string of the molecule is CS(=O)(=O)N1CCCC(CNC(=O)Nc2cccc(C(F)(F)F)c2)C1. The molecule has 1 fully saturated rings. The van der Waals surface area contributed by atoms with E-state index in [-0.39, 0.29) is 18.2 Å². The van der Waals surface area contributed by atoms with Gasteiger partial charge >= 0.3 is 12.2 Å². The van der Waals surface area contributed by atoms with Crippen LogP contribution in [0.25, 0.3) is 0 Å². The van der Waals surface area contributed by atoms with Gasteiger partial charge < -0.3 is 10.6 Å². The molecule has 1 heterocycles. The number of nitrogens with zero attached hydrogens (tertiary/aromatic N) is 1. The first-order chi connectivity index (χ1) is 11.6. The molecule has 0 bridgehead atoms. The monoisotopic (exact) mass is 379 g/mol. The van der Waals surface area contributed by atoms with Crippen LogP contribution in [0.2, 0.25) is 0 Å². The smallest absolute Gasteiger partial charge is 0.338 e. The van der Waals surface area contributed by atoms with Gasteiger partial charge in [-0.05, 0) is 37.0 Å². The van der Waals surface area contributed by atoms with Crippen LogP contribution < -0.4 is 10.6 Å². The van der Waals surface area contributed by atoms with Crippen LogP contribution in [-0.4, -0.2) is 44.6 Å². The summed E-state index contributed by atoms with van der Waals surface area (Å²) < 4.78 is 62.4. The van der Waals surface area contributed by atoms with Crippen molar-refractivity contribution < 1.29 is 26.4 Å². The number of piperidine rings is 1. The lowest BCUT2D eigenvalue weighted by Gasteiger charge is -2.30. The highest BCUT2D eigenvalue weighted by Crippen LogP contribution is 2.30. The van der Waals surface area contributed by atoms with E-state index in [1.165, 1.54) is 16.4 Å². The molecule has 0 aromatic heterocycles. The van der Waals surface area contributed by atoms with Crippen molar-refractivity contribution in [3.05, 3.63) is 29.8 Å². The number of sulfonamides is 1. The lowest BCUT2D eigenvalue weighted by molar-refractivity contribution is -0.137. The van der Waals surface area contributed by atoms with Gasteiger partial charge in [0, 0.05) is 25.3 Å². The molecule has 1 aliphatic rings. The van der Waals surface area contributed by atoms with Crippen LogP contribution in [0.3, 0.4) is 0 Å². The fourth-order valence-corrected chi connectivity index (χ4v) is 3.62. The molecule has 140 valence electrons. The van der Waals surface area contributed by atoms with Gasteiger partial charge in [0.25, 0.3) is 0 Å². The van der Waals surface area contributed by atoms with E-state index in [1.54, 1.807) is 0 Å². The van der Waals surface area contributed by atoms with E-state index in [4.69, 9.17) is 0 Å². The molecule has 1 atom stereocenters. The molecule has 0 spiro atoms. The molecule has 0 aliphatic carbocycles. The lowest BCUT2D eigenvalue weighted by Crippen LogP contribution is -2.43. The van der Waals surface area contributed by atoms with Gasteiger partial charge in [-0.25, -0.2) is 17.5 Å². The average molecular weight is 379 g/mol. The zero-order valence-electron chi connectivity index (χ0n) is 13.6. The van der Waals surface area contributed by atoms with Crippen molar-refractivity contribution in [2.75, 3.05) is 31.2 Å². The normalized spacial score (nSPS) is 19.4. The van der Waals surface area contributed by atoms with Gasteiger partial charge in [-0.3, -0.25) is 0 Å². The molecule has 2 amide bonds. The zero-order chi connectivity index (χ0) is 18.7. The Morgan fingerprint density at radius 1 is 1.36 bits per heavy atom. The predicted octanol–water partition coefficient (Wildman–Crippen LogP) is 2.50. The number of carbonyl (C=O) groups is 1. The van der Waals surface area contributed by atoms with Crippen molar-refractivity contribution in [1.29, 1.82) is 0 Å². The topological polar surface area (TPSA) is 78.5 Å². The third kappa shape index (κ3) is 5.89. The molecule has 1 aliphatic heterocycles. The maximum atomic E-state index is 12.6. The first-order valence-corrected chi connectivity index (χ1v) is 9.58. The Morgan fingerprint density at radius 3 is 2.72 bits per heavy atom. The number of nitrogens with one attached hydrogen (secondary N) is 2. The number of amides is 2. The Bertz CT molecular complexity index is 722. The maximum absolute atomic E-state index is 12.6. The second kappa shape index (κ2) is 7.61. The first-order valence-electron chi connectivity index (χ1n) is 7.73. The van der Waals surface area contributed by atoms with Gasteiger partial charge in [-0.2, -0.15) is 13.2 Å². The maximum Gasteiger partial charge on any atom is 0.416 e. The number of rotatable bonds is 4. The Morgan fingerprint density at radius 2 is 2.08 bits per heavy atom. The summed E-state index contributed by atoms with van der Waals surface area (Å²) in [6.45, 7) is 1.03. The van der Waals surface area contributed by atoms with E-state index < -0.39 is 27.8 Å². The number of carbonyl (C=O) groups excluding carboxylic acids is 1. The molecule has 0 saturated carbocycles. The minimum atomic E-state index is -4.48. The number of urea groups is 1. The number of hydrogen-bond donors (Lipinski definition) is 2. The molecule has 25 heavy (non-hydrogen) atoms. The lowest BCUT2D eigenvalue weighted by atomic mass is 10.00. The standard InChI is InChI=1S/C15H20F3N3O3S/c1-25(23,24)21-7-3-4-11(10-21)9-19-14(22)20-13-6-2-5-12(8-13)15(16,17)18/h2,5-6,8,11H,3-4,7,9-10H2,1H3,(H2,19,20,22). The quantitative estimate of drug-likeness (QED) is 0.844. The minimum Gasteiger partial charge on any atom is -0.338 e. The largest absolute Gasteiger partial charge is 0.416 e. The van der Waals surface area contributed by atoms with Gasteiger partial charge in [0.1, 0.15) is 0 Å². The summed E-state index contributed by atoms with van der Waals surface area (Å²) in [5.74, 6) is -0.0317. The summed E-state index contributed by atoms with van der Waals surface area (Å²) in [6, 6.07) is 3.72. The summed E-state index contributed by atoms with van der Waals surface area (Å²) in [5, 5.41) is 4.93. The van der Waals surface area contributed by atoms with Gasteiger partial charge in [-0.15, -0.1) is 0 Å². The van der Waals surface area contributed by atoms with Crippen LogP contribution in [0.5, 0.6) is 0 Å². The molecule has 2 N–H and O–H groups in total. The molecule has 10 heteroatoms. The first kappa shape index (κ1) is 19.5. The fraction of sp³-hybridized carbons (Fsp3) is 0.533. The highest BCUT2D eigenvalue weighted by atomic mass is 32.2. The van der Waals surface area contributed by atoms with E-state index in [0.29, 0.717) is 19.5 Å². The van der Waals surface area contributed by atoms with E-state index in [1.807, 2.05) is 0 Å². The van der Waals surface area contributed by atoms with Gasteiger partial charge in [0.05, 0.1) is 11.8 Å². The number of benzene rings is 1. The molecule has 6 nitrogen and oxygen atoms in total. The van der Waals surface area contributed by atoms with E-state index in [2.05, 4.69) is 10.6 Å². The van der Waals surface area contributed by atoms with Crippen molar-refractivity contribution in [3.8, 4) is 0 Å². The predicted molar refractivity (Wildman–Crippen MR) is 87.6 cm³/mol. The van der Waals surface area contributed by atoms with Gasteiger partial charge in [0.2, 0.25) is 10.0 Å². The Hall–Kier alpha value is -1.81. The molecule has 1 aromatic carbocycles. The van der Waals surface area contributed by atoms with Crippen molar-refractivity contribution in [2.24, 2.45) is 5.92 Å². The minimum absolute atomic E-state index is 0.0317. The fourth-order valence-electron chi connectivity index (χ4n) is 2.68. The third-order valence-corrected chi connectivity index (χ3v) is 5.22. The van der Waals surface area contributed by atoms with E-state index in [9.17, 15) is 26.4 Å². The molecule has 1 saturated heterocycles. The number of anilines is 1. The summed E-state index contributed by atoms with van der Waals surface area (Å²) in [6.07, 6.45) is -1.86. The van der Waals surface area contributed by atoms with Crippen molar-refractivity contribution in [1.82, 2.24) is 9.62 Å². The Kier molecular flexibility index (Phi) is 5.94. The van der Waals surface area contributed by atoms with Crippen LogP contribution in [0.15, 0.2) is 24.3 Å². The molecule has 0 radical (unpaired) electrons. The zero-order valence-corrected chi connectivity index (χ0v) is 14.5. The van der Waals surface area contributed by atoms with Crippen LogP contribution in [0.4, 0.5) is 23.7 Å². The molecule has 1 aromatic rings. The molecular formula is C15H20F3N3O3S. The number of hydrogen-bond acceptors (Lipinski definition) is 3. The van der Waals surface area contributed by atoms with Crippen molar-refractivity contribution in [2.45, 2.75) is 19.0 Å². The van der Waals surface area contributed by atoms with Crippen molar-refractivity contribution in [3.63, 3.8) is 0 Å². The summed E-state index contributed by atoms with van der Waals surface area (Å²) >= 11 is 0. The summed E-state index contributed by atoms with van der Waals surface area (Å²) in [5.41, 5.74) is -0.810.